The summed E-state index contributed by atoms with van der Waals surface area (Å²) in [6.45, 7) is 2.40. The van der Waals surface area contributed by atoms with E-state index < -0.39 is 0 Å². The van der Waals surface area contributed by atoms with E-state index in [-0.39, 0.29) is 5.41 Å². The van der Waals surface area contributed by atoms with Crippen LogP contribution in [0.25, 0.3) is 77.5 Å². The summed E-state index contributed by atoms with van der Waals surface area (Å²) in [6, 6.07) is 94.1. The van der Waals surface area contributed by atoms with Gasteiger partial charge in [-0.2, -0.15) is 0 Å². The number of hydrogen-bond donors (Lipinski definition) is 0. The number of fused-ring (bicyclic) bond motifs is 5. The van der Waals surface area contributed by atoms with E-state index in [0.29, 0.717) is 0 Å². The van der Waals surface area contributed by atoms with Crippen LogP contribution in [-0.2, 0) is 5.41 Å². The first-order chi connectivity index (χ1) is 33.6. The molecule has 1 nitrogen and oxygen atoms in total. The van der Waals surface area contributed by atoms with Crippen LogP contribution < -0.4 is 4.90 Å². The monoisotopic (exact) mass is 883 g/mol. The quantitative estimate of drug-likeness (QED) is 0.150. The Morgan fingerprint density at radius 2 is 0.912 bits per heavy atom. The van der Waals surface area contributed by atoms with Gasteiger partial charge in [-0.3, -0.25) is 0 Å². The topological polar surface area (TPSA) is 3.24 Å². The Balaban J connectivity index is 0.968. The van der Waals surface area contributed by atoms with Crippen LogP contribution in [-0.4, -0.2) is 0 Å². The van der Waals surface area contributed by atoms with Crippen LogP contribution in [0.4, 0.5) is 17.1 Å². The van der Waals surface area contributed by atoms with Crippen LogP contribution in [0.15, 0.2) is 265 Å². The predicted octanol–water partition coefficient (Wildman–Crippen LogP) is 18.4. The third kappa shape index (κ3) is 6.55. The van der Waals surface area contributed by atoms with Crippen molar-refractivity contribution < 1.29 is 0 Å². The fourth-order valence-electron chi connectivity index (χ4n) is 11.0. The van der Waals surface area contributed by atoms with Crippen LogP contribution >= 0.6 is 11.8 Å². The molecule has 0 bridgehead atoms. The van der Waals surface area contributed by atoms with Gasteiger partial charge in [0.1, 0.15) is 0 Å². The summed E-state index contributed by atoms with van der Waals surface area (Å²) < 4.78 is 0. The van der Waals surface area contributed by atoms with Crippen molar-refractivity contribution in [3.63, 3.8) is 0 Å². The lowest BCUT2D eigenvalue weighted by atomic mass is 9.74. The fourth-order valence-corrected chi connectivity index (χ4v) is 12.2. The maximum atomic E-state index is 2.48. The Kier molecular flexibility index (Phi) is 9.63. The molecule has 320 valence electrons. The second kappa shape index (κ2) is 16.3. The molecule has 68 heavy (non-hydrogen) atoms. The van der Waals surface area contributed by atoms with Crippen LogP contribution in [0.2, 0.25) is 0 Å². The summed E-state index contributed by atoms with van der Waals surface area (Å²) in [7, 11) is 0. The van der Waals surface area contributed by atoms with Crippen molar-refractivity contribution in [3.05, 3.63) is 271 Å². The van der Waals surface area contributed by atoms with E-state index >= 15 is 0 Å². The van der Waals surface area contributed by atoms with Crippen LogP contribution in [0.3, 0.4) is 0 Å². The highest BCUT2D eigenvalue weighted by Gasteiger charge is 2.42. The molecule has 0 saturated carbocycles. The van der Waals surface area contributed by atoms with Gasteiger partial charge in [-0.05, 0) is 145 Å². The van der Waals surface area contributed by atoms with Crippen molar-refractivity contribution in [2.45, 2.75) is 22.1 Å². The summed E-state index contributed by atoms with van der Waals surface area (Å²) in [5.41, 5.74) is 21.7. The van der Waals surface area contributed by atoms with Gasteiger partial charge in [0.2, 0.25) is 0 Å². The highest BCUT2D eigenvalue weighted by Crippen LogP contribution is 2.57. The second-order valence-electron chi connectivity index (χ2n) is 18.1. The molecule has 1 aliphatic carbocycles. The van der Waals surface area contributed by atoms with Crippen molar-refractivity contribution in [2.24, 2.45) is 0 Å². The molecular weight excluding hydrogens is 839 g/mol. The normalized spacial score (nSPS) is 14.2. The van der Waals surface area contributed by atoms with E-state index in [1.54, 1.807) is 0 Å². The first-order valence-corrected chi connectivity index (χ1v) is 24.3. The minimum absolute atomic E-state index is 0.328. The van der Waals surface area contributed by atoms with Crippen molar-refractivity contribution in [1.82, 2.24) is 0 Å². The summed E-state index contributed by atoms with van der Waals surface area (Å²) in [4.78, 5) is 5.10. The molecule has 0 aromatic heterocycles. The fraction of sp³-hybridized carbons (Fsp3) is 0.0303. The second-order valence-corrected chi connectivity index (χ2v) is 19.2. The first-order valence-electron chi connectivity index (χ1n) is 23.5. The summed E-state index contributed by atoms with van der Waals surface area (Å²) in [5, 5.41) is 2.63. The summed E-state index contributed by atoms with van der Waals surface area (Å²) >= 11 is 1.88. The number of rotatable bonds is 8. The molecule has 1 atom stereocenters. The number of hydrogen-bond acceptors (Lipinski definition) is 2. The molecule has 11 aromatic carbocycles. The van der Waals surface area contributed by atoms with E-state index in [9.17, 15) is 0 Å². The third-order valence-electron chi connectivity index (χ3n) is 14.4. The Labute approximate surface area is 402 Å². The Bertz CT molecular complexity index is 3700. The van der Waals surface area contributed by atoms with Crippen molar-refractivity contribution in [3.8, 4) is 66.8 Å². The molecule has 1 aliphatic heterocycles. The highest BCUT2D eigenvalue weighted by molar-refractivity contribution is 7.99. The van der Waals surface area contributed by atoms with Crippen LogP contribution in [0.5, 0.6) is 0 Å². The van der Waals surface area contributed by atoms with Crippen molar-refractivity contribution in [2.75, 3.05) is 4.90 Å². The summed E-state index contributed by atoms with van der Waals surface area (Å²) in [5.74, 6) is 0. The molecule has 2 heteroatoms. The molecule has 0 N–H and O–H groups in total. The zero-order valence-corrected chi connectivity index (χ0v) is 38.4. The molecule has 0 amide bonds. The third-order valence-corrected chi connectivity index (χ3v) is 15.5. The van der Waals surface area contributed by atoms with E-state index in [2.05, 4.69) is 267 Å². The maximum absolute atomic E-state index is 2.48. The van der Waals surface area contributed by atoms with Gasteiger partial charge in [0.25, 0.3) is 0 Å². The van der Waals surface area contributed by atoms with Gasteiger partial charge >= 0.3 is 0 Å². The lowest BCUT2D eigenvalue weighted by Crippen LogP contribution is -2.22. The lowest BCUT2D eigenvalue weighted by molar-refractivity contribution is 0.714. The zero-order valence-electron chi connectivity index (χ0n) is 37.6. The average Bonchev–Trinajstić information content (AvgIpc) is 3.68. The molecule has 0 fully saturated rings. The number of benzene rings is 11. The van der Waals surface area contributed by atoms with Gasteiger partial charge in [-0.15, -0.1) is 0 Å². The summed E-state index contributed by atoms with van der Waals surface area (Å²) in [6.07, 6.45) is 0. The number of anilines is 3. The minimum Gasteiger partial charge on any atom is -0.310 e. The molecule has 0 spiro atoms. The maximum Gasteiger partial charge on any atom is 0.0543 e. The standard InChI is InChI=1S/C66H45NS/c1-66(51-24-9-4-10-25-51)59-29-12-11-27-56(59)65-60(66)30-16-31-61(65)67(52-37-33-44(34-38-52)49-35-39-54(45-17-5-2-6-18-45)57(42-49)46-19-7-3-8-20-46)53-26-13-23-48(41-53)50-36-40-62-58(43-50)55-28-14-21-47-22-15-32-63(68-62)64(47)55/h2-43H,1H3. The Morgan fingerprint density at radius 1 is 0.338 bits per heavy atom. The smallest absolute Gasteiger partial charge is 0.0543 e. The van der Waals surface area contributed by atoms with E-state index in [0.717, 1.165) is 17.1 Å². The van der Waals surface area contributed by atoms with Crippen LogP contribution in [0, 0.1) is 0 Å². The van der Waals surface area contributed by atoms with E-state index in [1.807, 2.05) is 11.8 Å². The molecular formula is C66H45NS. The van der Waals surface area contributed by atoms with Gasteiger partial charge < -0.3 is 4.90 Å². The molecule has 2 aliphatic rings. The molecule has 0 radical (unpaired) electrons. The zero-order chi connectivity index (χ0) is 45.2. The average molecular weight is 884 g/mol. The number of nitrogens with zero attached hydrogens (tertiary/aromatic N) is 1. The van der Waals surface area contributed by atoms with Crippen LogP contribution in [0.1, 0.15) is 23.6 Å². The van der Waals surface area contributed by atoms with Gasteiger partial charge in [-0.25, -0.2) is 0 Å². The SMILES string of the molecule is CC1(c2ccccc2)c2ccccc2-c2c(N(c3ccc(-c4ccc(-c5ccccc5)c(-c5ccccc5)c4)cc3)c3cccc(-c4ccc5c(c4)-c4cccc6cccc(c46)S5)c3)cccc21. The highest BCUT2D eigenvalue weighted by atomic mass is 32.2. The van der Waals surface area contributed by atoms with Gasteiger partial charge in [0.15, 0.2) is 0 Å². The molecule has 0 saturated heterocycles. The van der Waals surface area contributed by atoms with Gasteiger partial charge in [0, 0.05) is 37.5 Å². The molecule has 1 unspecified atom stereocenters. The van der Waals surface area contributed by atoms with Gasteiger partial charge in [-0.1, -0.05) is 212 Å². The Morgan fingerprint density at radius 3 is 1.71 bits per heavy atom. The first kappa shape index (κ1) is 40.1. The van der Waals surface area contributed by atoms with Gasteiger partial charge in [0.05, 0.1) is 5.69 Å². The molecule has 13 rings (SSSR count). The minimum atomic E-state index is -0.328. The van der Waals surface area contributed by atoms with E-state index in [1.165, 1.54) is 104 Å². The Hall–Kier alpha value is -8.17. The molecule has 11 aromatic rings. The van der Waals surface area contributed by atoms with Crippen molar-refractivity contribution in [1.29, 1.82) is 0 Å². The largest absolute Gasteiger partial charge is 0.310 e. The van der Waals surface area contributed by atoms with E-state index in [4.69, 9.17) is 0 Å². The lowest BCUT2D eigenvalue weighted by Gasteiger charge is -2.31. The van der Waals surface area contributed by atoms with Crippen molar-refractivity contribution >= 4 is 39.6 Å². The predicted molar refractivity (Wildman–Crippen MR) is 287 cm³/mol. The molecule has 1 heterocycles.